The Kier molecular flexibility index (Phi) is 6.94. The molecule has 0 amide bonds. The maximum absolute atomic E-state index is 11.4. The Morgan fingerprint density at radius 1 is 1.36 bits per heavy atom. The maximum atomic E-state index is 11.4. The van der Waals surface area contributed by atoms with E-state index in [0.29, 0.717) is 18.9 Å². The van der Waals surface area contributed by atoms with Crippen molar-refractivity contribution in [3.05, 3.63) is 23.5 Å². The van der Waals surface area contributed by atoms with Gasteiger partial charge < -0.3 is 24.2 Å². The average Bonchev–Trinajstić information content (AvgIpc) is 2.58. The van der Waals surface area contributed by atoms with Gasteiger partial charge in [0.1, 0.15) is 6.79 Å². The van der Waals surface area contributed by atoms with Crippen LogP contribution in [-0.2, 0) is 20.8 Å². The highest BCUT2D eigenvalue weighted by molar-refractivity contribution is 6.77. The van der Waals surface area contributed by atoms with E-state index in [9.17, 15) is 9.90 Å². The quantitative estimate of drug-likeness (QED) is 0.428. The van der Waals surface area contributed by atoms with Crippen molar-refractivity contribution in [1.29, 1.82) is 0 Å². The Labute approximate surface area is 149 Å². The highest BCUT2D eigenvalue weighted by Crippen LogP contribution is 2.19. The van der Waals surface area contributed by atoms with Crippen LogP contribution in [0.5, 0.6) is 0 Å². The Bertz CT molecular complexity index is 585. The van der Waals surface area contributed by atoms with Crippen LogP contribution in [0.2, 0.25) is 19.6 Å². The number of aromatic carboxylic acids is 1. The molecule has 1 unspecified atom stereocenters. The van der Waals surface area contributed by atoms with Crippen molar-refractivity contribution in [2.45, 2.75) is 38.9 Å². The summed E-state index contributed by atoms with van der Waals surface area (Å²) < 4.78 is 16.6. The van der Waals surface area contributed by atoms with Gasteiger partial charge in [-0.15, -0.1) is 0 Å². The molecule has 7 nitrogen and oxygen atoms in total. The van der Waals surface area contributed by atoms with Crippen LogP contribution >= 0.6 is 0 Å². The van der Waals surface area contributed by atoms with Crippen LogP contribution in [0.3, 0.4) is 0 Å². The molecule has 0 radical (unpaired) electrons. The second kappa shape index (κ2) is 8.75. The summed E-state index contributed by atoms with van der Waals surface area (Å²) in [7, 11) is -1.36. The van der Waals surface area contributed by atoms with Crippen molar-refractivity contribution in [3.63, 3.8) is 0 Å². The molecule has 0 aliphatic carbocycles. The molecule has 1 aromatic heterocycles. The lowest BCUT2D eigenvalue weighted by atomic mass is 10.2. The van der Waals surface area contributed by atoms with Crippen LogP contribution in [0.4, 0.5) is 5.69 Å². The second-order valence-corrected chi connectivity index (χ2v) is 12.8. The summed E-state index contributed by atoms with van der Waals surface area (Å²) in [5.41, 5.74) is 1.64. The SMILES string of the molecule is CC(OCOCc1cc(N2CCOCC2)cc(C(=O)O)n1)[Si](C)(C)C. The van der Waals surface area contributed by atoms with Gasteiger partial charge in [-0.1, -0.05) is 19.6 Å². The zero-order valence-electron chi connectivity index (χ0n) is 15.4. The second-order valence-electron chi connectivity index (χ2n) is 7.25. The van der Waals surface area contributed by atoms with E-state index >= 15 is 0 Å². The molecule has 1 aromatic rings. The number of hydrogen-bond acceptors (Lipinski definition) is 6. The van der Waals surface area contributed by atoms with E-state index in [1.54, 1.807) is 6.07 Å². The van der Waals surface area contributed by atoms with Crippen molar-refractivity contribution in [2.75, 3.05) is 38.0 Å². The summed E-state index contributed by atoms with van der Waals surface area (Å²) in [5.74, 6) is -1.04. The number of carbonyl (C=O) groups is 1. The maximum Gasteiger partial charge on any atom is 0.354 e. The van der Waals surface area contributed by atoms with Gasteiger partial charge in [0.05, 0.1) is 33.6 Å². The Morgan fingerprint density at radius 3 is 2.64 bits per heavy atom. The van der Waals surface area contributed by atoms with E-state index in [0.717, 1.165) is 18.8 Å². The van der Waals surface area contributed by atoms with Gasteiger partial charge in [0.25, 0.3) is 0 Å². The van der Waals surface area contributed by atoms with E-state index in [2.05, 4.69) is 36.4 Å². The molecule has 2 rings (SSSR count). The Morgan fingerprint density at radius 2 is 2.04 bits per heavy atom. The number of aromatic nitrogens is 1. The van der Waals surface area contributed by atoms with Crippen LogP contribution in [0.25, 0.3) is 0 Å². The minimum atomic E-state index is -1.36. The highest BCUT2D eigenvalue weighted by atomic mass is 28.3. The molecule has 2 heterocycles. The number of hydrogen-bond donors (Lipinski definition) is 1. The van der Waals surface area contributed by atoms with Gasteiger partial charge in [-0.3, -0.25) is 0 Å². The molecule has 1 aliphatic rings. The van der Waals surface area contributed by atoms with E-state index in [-0.39, 0.29) is 24.8 Å². The van der Waals surface area contributed by atoms with Gasteiger partial charge in [-0.2, -0.15) is 0 Å². The number of morpholine rings is 1. The topological polar surface area (TPSA) is 81.1 Å². The minimum absolute atomic E-state index is 0.0268. The first kappa shape index (κ1) is 19.8. The van der Waals surface area contributed by atoms with Gasteiger partial charge in [-0.25, -0.2) is 9.78 Å². The van der Waals surface area contributed by atoms with E-state index in [4.69, 9.17) is 14.2 Å². The van der Waals surface area contributed by atoms with E-state index < -0.39 is 14.0 Å². The summed E-state index contributed by atoms with van der Waals surface area (Å²) in [6, 6.07) is 3.47. The lowest BCUT2D eigenvalue weighted by Gasteiger charge is -2.29. The standard InChI is InChI=1S/C17H28N2O5Si/c1-13(25(2,3)4)24-12-23-11-14-9-15(10-16(18-14)17(20)21)19-5-7-22-8-6-19/h9-10,13H,5-8,11-12H2,1-4H3,(H,20,21). The molecule has 1 saturated heterocycles. The van der Waals surface area contributed by atoms with Crippen molar-refractivity contribution in [2.24, 2.45) is 0 Å². The number of carboxylic acid groups (broad SMARTS) is 1. The summed E-state index contributed by atoms with van der Waals surface area (Å²) in [6.07, 6.45) is 0. The number of nitrogens with zero attached hydrogens (tertiary/aromatic N) is 2. The lowest BCUT2D eigenvalue weighted by Crippen LogP contribution is -2.38. The van der Waals surface area contributed by atoms with Crippen LogP contribution < -0.4 is 4.90 Å². The fourth-order valence-electron chi connectivity index (χ4n) is 2.31. The third kappa shape index (κ3) is 6.07. The molecule has 1 aliphatic heterocycles. The van der Waals surface area contributed by atoms with Gasteiger partial charge in [-0.05, 0) is 19.1 Å². The first-order valence-corrected chi connectivity index (χ1v) is 12.1. The van der Waals surface area contributed by atoms with Crippen molar-refractivity contribution in [3.8, 4) is 0 Å². The molecule has 0 bridgehead atoms. The molecule has 0 aromatic carbocycles. The summed E-state index contributed by atoms with van der Waals surface area (Å²) >= 11 is 0. The monoisotopic (exact) mass is 368 g/mol. The number of pyridine rings is 1. The fraction of sp³-hybridized carbons (Fsp3) is 0.647. The van der Waals surface area contributed by atoms with Crippen molar-refractivity contribution in [1.82, 2.24) is 4.98 Å². The predicted octanol–water partition coefficient (Wildman–Crippen LogP) is 2.37. The molecule has 1 N–H and O–H groups in total. The van der Waals surface area contributed by atoms with Gasteiger partial charge in [0.2, 0.25) is 0 Å². The molecule has 25 heavy (non-hydrogen) atoms. The van der Waals surface area contributed by atoms with Crippen molar-refractivity contribution >= 4 is 19.7 Å². The Balaban J connectivity index is 1.99. The molecular formula is C17H28N2O5Si. The smallest absolute Gasteiger partial charge is 0.354 e. The summed E-state index contributed by atoms with van der Waals surface area (Å²) in [4.78, 5) is 17.6. The summed E-state index contributed by atoms with van der Waals surface area (Å²) in [5, 5.41) is 9.30. The number of ether oxygens (including phenoxy) is 3. The average molecular weight is 369 g/mol. The normalized spacial score (nSPS) is 16.7. The third-order valence-electron chi connectivity index (χ3n) is 4.33. The van der Waals surface area contributed by atoms with Crippen LogP contribution in [-0.4, -0.2) is 63.0 Å². The highest BCUT2D eigenvalue weighted by Gasteiger charge is 2.23. The molecule has 8 heteroatoms. The molecule has 1 fully saturated rings. The van der Waals surface area contributed by atoms with E-state index in [1.807, 2.05) is 6.07 Å². The molecule has 1 atom stereocenters. The molecular weight excluding hydrogens is 340 g/mol. The first-order valence-electron chi connectivity index (χ1n) is 8.53. The third-order valence-corrected chi connectivity index (χ3v) is 6.94. The number of carboxylic acids is 1. The van der Waals surface area contributed by atoms with Gasteiger partial charge in [0.15, 0.2) is 5.69 Å². The van der Waals surface area contributed by atoms with E-state index in [1.165, 1.54) is 0 Å². The number of anilines is 1. The fourth-order valence-corrected chi connectivity index (χ4v) is 2.87. The lowest BCUT2D eigenvalue weighted by molar-refractivity contribution is -0.0724. The molecule has 0 saturated carbocycles. The largest absolute Gasteiger partial charge is 0.477 e. The zero-order valence-corrected chi connectivity index (χ0v) is 16.4. The zero-order chi connectivity index (χ0) is 18.4. The molecule has 140 valence electrons. The van der Waals surface area contributed by atoms with Crippen LogP contribution in [0.1, 0.15) is 23.1 Å². The summed E-state index contributed by atoms with van der Waals surface area (Å²) in [6.45, 7) is 11.9. The Hall–Kier alpha value is -1.48. The van der Waals surface area contributed by atoms with Crippen LogP contribution in [0.15, 0.2) is 12.1 Å². The molecule has 0 spiro atoms. The van der Waals surface area contributed by atoms with Gasteiger partial charge >= 0.3 is 5.97 Å². The van der Waals surface area contributed by atoms with Crippen LogP contribution in [0, 0.1) is 0 Å². The predicted molar refractivity (Wildman–Crippen MR) is 97.8 cm³/mol. The minimum Gasteiger partial charge on any atom is -0.477 e. The number of rotatable bonds is 8. The first-order chi connectivity index (χ1) is 11.8. The van der Waals surface area contributed by atoms with Crippen molar-refractivity contribution < 1.29 is 24.1 Å². The van der Waals surface area contributed by atoms with Gasteiger partial charge in [0, 0.05) is 24.5 Å².